The van der Waals surface area contributed by atoms with Crippen molar-refractivity contribution in [3.8, 4) is 11.1 Å². The average Bonchev–Trinajstić information content (AvgIpc) is 3.20. The third-order valence-corrected chi connectivity index (χ3v) is 4.84. The SMILES string of the molecule is Cn1cc(-c2cnc3ccc(NC(=O)NCCCCc4ccccc4)nc3c2)cn1. The number of amides is 2. The number of rotatable bonds is 7. The lowest BCUT2D eigenvalue weighted by molar-refractivity contribution is 0.252. The number of aryl methyl sites for hydroxylation is 2. The summed E-state index contributed by atoms with van der Waals surface area (Å²) < 4.78 is 1.75. The van der Waals surface area contributed by atoms with Crippen LogP contribution in [-0.4, -0.2) is 32.3 Å². The van der Waals surface area contributed by atoms with Crippen LogP contribution in [-0.2, 0) is 13.5 Å². The Kier molecular flexibility index (Phi) is 5.98. The van der Waals surface area contributed by atoms with Crippen molar-refractivity contribution >= 4 is 22.9 Å². The van der Waals surface area contributed by atoms with Gasteiger partial charge < -0.3 is 5.32 Å². The van der Waals surface area contributed by atoms with Gasteiger partial charge in [0.1, 0.15) is 5.82 Å². The summed E-state index contributed by atoms with van der Waals surface area (Å²) in [6, 6.07) is 15.7. The van der Waals surface area contributed by atoms with Crippen molar-refractivity contribution in [2.24, 2.45) is 7.05 Å². The number of benzene rings is 1. The van der Waals surface area contributed by atoms with Crippen molar-refractivity contribution in [2.45, 2.75) is 19.3 Å². The fourth-order valence-electron chi connectivity index (χ4n) is 3.27. The van der Waals surface area contributed by atoms with Crippen LogP contribution in [0.2, 0.25) is 0 Å². The van der Waals surface area contributed by atoms with Gasteiger partial charge in [-0.05, 0) is 43.0 Å². The molecule has 0 aliphatic heterocycles. The molecule has 7 nitrogen and oxygen atoms in total. The highest BCUT2D eigenvalue weighted by molar-refractivity contribution is 5.90. The lowest BCUT2D eigenvalue weighted by atomic mass is 10.1. The van der Waals surface area contributed by atoms with E-state index in [1.54, 1.807) is 23.1 Å². The predicted octanol–water partition coefficient (Wildman–Crippen LogP) is 4.17. The minimum absolute atomic E-state index is 0.252. The van der Waals surface area contributed by atoms with Crippen LogP contribution in [0.5, 0.6) is 0 Å². The Morgan fingerprint density at radius 3 is 2.67 bits per heavy atom. The number of hydrogen-bond donors (Lipinski definition) is 2. The largest absolute Gasteiger partial charge is 0.338 e. The van der Waals surface area contributed by atoms with Gasteiger partial charge in [0.05, 0.1) is 17.2 Å². The molecular formula is C23H24N6O. The van der Waals surface area contributed by atoms with Gasteiger partial charge in [-0.1, -0.05) is 30.3 Å². The monoisotopic (exact) mass is 400 g/mol. The van der Waals surface area contributed by atoms with Crippen molar-refractivity contribution in [3.05, 3.63) is 72.7 Å². The molecule has 1 aromatic carbocycles. The highest BCUT2D eigenvalue weighted by atomic mass is 16.2. The van der Waals surface area contributed by atoms with Crippen LogP contribution in [0, 0.1) is 0 Å². The second-order valence-corrected chi connectivity index (χ2v) is 7.19. The summed E-state index contributed by atoms with van der Waals surface area (Å²) in [6.45, 7) is 0.624. The molecule has 0 fully saturated rings. The molecule has 3 heterocycles. The normalized spacial score (nSPS) is 10.8. The molecule has 2 N–H and O–H groups in total. The molecule has 0 bridgehead atoms. The molecule has 0 spiro atoms. The van der Waals surface area contributed by atoms with Crippen LogP contribution < -0.4 is 10.6 Å². The fourth-order valence-corrected chi connectivity index (χ4v) is 3.27. The maximum atomic E-state index is 12.2. The second-order valence-electron chi connectivity index (χ2n) is 7.19. The van der Waals surface area contributed by atoms with Gasteiger partial charge in [0.2, 0.25) is 0 Å². The maximum Gasteiger partial charge on any atom is 0.320 e. The molecule has 0 atom stereocenters. The third kappa shape index (κ3) is 5.00. The first-order valence-electron chi connectivity index (χ1n) is 10.0. The first-order chi connectivity index (χ1) is 14.7. The van der Waals surface area contributed by atoms with Crippen LogP contribution in [0.4, 0.5) is 10.6 Å². The number of fused-ring (bicyclic) bond motifs is 1. The number of nitrogens with one attached hydrogen (secondary N) is 2. The molecule has 0 unspecified atom stereocenters. The smallest absolute Gasteiger partial charge is 0.320 e. The van der Waals surface area contributed by atoms with Crippen LogP contribution in [0.25, 0.3) is 22.2 Å². The molecule has 0 aliphatic carbocycles. The Morgan fingerprint density at radius 2 is 1.87 bits per heavy atom. The number of unbranched alkanes of at least 4 members (excludes halogenated alkanes) is 1. The highest BCUT2D eigenvalue weighted by Crippen LogP contribution is 2.22. The molecule has 0 aliphatic rings. The van der Waals surface area contributed by atoms with Crippen LogP contribution in [0.15, 0.2) is 67.1 Å². The molecule has 0 saturated heterocycles. The van der Waals surface area contributed by atoms with E-state index in [-0.39, 0.29) is 6.03 Å². The maximum absolute atomic E-state index is 12.2. The van der Waals surface area contributed by atoms with Gasteiger partial charge in [-0.3, -0.25) is 15.0 Å². The Morgan fingerprint density at radius 1 is 1.00 bits per heavy atom. The third-order valence-electron chi connectivity index (χ3n) is 4.84. The number of anilines is 1. The predicted molar refractivity (Wildman–Crippen MR) is 118 cm³/mol. The number of carbonyl (C=O) groups is 1. The lowest BCUT2D eigenvalue weighted by Gasteiger charge is -2.08. The molecule has 0 saturated carbocycles. The van der Waals surface area contributed by atoms with Gasteiger partial charge >= 0.3 is 6.03 Å². The zero-order chi connectivity index (χ0) is 20.8. The average molecular weight is 400 g/mol. The zero-order valence-electron chi connectivity index (χ0n) is 16.9. The van der Waals surface area contributed by atoms with Crippen molar-refractivity contribution < 1.29 is 4.79 Å². The summed E-state index contributed by atoms with van der Waals surface area (Å²) in [5.74, 6) is 0.495. The molecular weight excluding hydrogens is 376 g/mol. The number of aromatic nitrogens is 4. The van der Waals surface area contributed by atoms with E-state index in [1.165, 1.54) is 5.56 Å². The van der Waals surface area contributed by atoms with E-state index in [0.29, 0.717) is 12.4 Å². The van der Waals surface area contributed by atoms with Gasteiger partial charge in [-0.2, -0.15) is 5.10 Å². The zero-order valence-corrected chi connectivity index (χ0v) is 16.9. The van der Waals surface area contributed by atoms with Gasteiger partial charge in [-0.15, -0.1) is 0 Å². The molecule has 4 aromatic rings. The van der Waals surface area contributed by atoms with Crippen LogP contribution >= 0.6 is 0 Å². The molecule has 152 valence electrons. The molecule has 4 rings (SSSR count). The standard InChI is InChI=1S/C23H24N6O/c1-29-16-19(15-26-29)18-13-21-20(25-14-18)10-11-22(27-21)28-23(30)24-12-6-5-9-17-7-3-2-4-8-17/h2-4,7-8,10-11,13-16H,5-6,9,12H2,1H3,(H2,24,27,28,30). The summed E-state index contributed by atoms with van der Waals surface area (Å²) in [6.07, 6.45) is 8.48. The number of nitrogens with zero attached hydrogens (tertiary/aromatic N) is 4. The molecule has 2 amide bonds. The van der Waals surface area contributed by atoms with Crippen molar-refractivity contribution in [3.63, 3.8) is 0 Å². The molecule has 7 heteroatoms. The first-order valence-corrected chi connectivity index (χ1v) is 10.0. The van der Waals surface area contributed by atoms with Gasteiger partial charge in [0.25, 0.3) is 0 Å². The van der Waals surface area contributed by atoms with Gasteiger partial charge in [0.15, 0.2) is 0 Å². The summed E-state index contributed by atoms with van der Waals surface area (Å²) in [5.41, 5.74) is 4.72. The summed E-state index contributed by atoms with van der Waals surface area (Å²) in [4.78, 5) is 21.2. The van der Waals surface area contributed by atoms with Crippen molar-refractivity contribution in [1.29, 1.82) is 0 Å². The Labute approximate surface area is 175 Å². The summed E-state index contributed by atoms with van der Waals surface area (Å²) in [7, 11) is 1.87. The number of hydrogen-bond acceptors (Lipinski definition) is 4. The Bertz CT molecular complexity index is 1140. The van der Waals surface area contributed by atoms with Gasteiger partial charge in [-0.25, -0.2) is 9.78 Å². The van der Waals surface area contributed by atoms with E-state index < -0.39 is 0 Å². The molecule has 0 radical (unpaired) electrons. The minimum Gasteiger partial charge on any atom is -0.338 e. The molecule has 30 heavy (non-hydrogen) atoms. The second kappa shape index (κ2) is 9.17. The number of urea groups is 1. The lowest BCUT2D eigenvalue weighted by Crippen LogP contribution is -2.29. The van der Waals surface area contributed by atoms with E-state index in [4.69, 9.17) is 0 Å². The Hall–Kier alpha value is -3.74. The van der Waals surface area contributed by atoms with E-state index in [2.05, 4.69) is 37.8 Å². The van der Waals surface area contributed by atoms with E-state index >= 15 is 0 Å². The van der Waals surface area contributed by atoms with Crippen molar-refractivity contribution in [1.82, 2.24) is 25.1 Å². The minimum atomic E-state index is -0.252. The topological polar surface area (TPSA) is 84.7 Å². The number of carbonyl (C=O) groups excluding carboxylic acids is 1. The Balaban J connectivity index is 1.31. The molecule has 3 aromatic heterocycles. The van der Waals surface area contributed by atoms with E-state index in [0.717, 1.165) is 41.4 Å². The first kappa shape index (κ1) is 19.6. The number of pyridine rings is 2. The quantitative estimate of drug-likeness (QED) is 0.456. The highest BCUT2D eigenvalue weighted by Gasteiger charge is 2.07. The van der Waals surface area contributed by atoms with E-state index in [9.17, 15) is 4.79 Å². The van der Waals surface area contributed by atoms with Crippen LogP contribution in [0.3, 0.4) is 0 Å². The van der Waals surface area contributed by atoms with E-state index in [1.807, 2.05) is 43.6 Å². The fraction of sp³-hybridized carbons (Fsp3) is 0.217. The summed E-state index contributed by atoms with van der Waals surface area (Å²) in [5, 5.41) is 9.88. The van der Waals surface area contributed by atoms with Crippen LogP contribution in [0.1, 0.15) is 18.4 Å². The van der Waals surface area contributed by atoms with Gasteiger partial charge in [0, 0.05) is 37.1 Å². The summed E-state index contributed by atoms with van der Waals surface area (Å²) >= 11 is 0. The van der Waals surface area contributed by atoms with Crippen molar-refractivity contribution in [2.75, 3.05) is 11.9 Å².